The second-order valence-electron chi connectivity index (χ2n) is 7.61. The molecule has 12 heteroatoms. The van der Waals surface area contributed by atoms with Crippen LogP contribution in [-0.4, -0.2) is 54.9 Å². The zero-order valence-electron chi connectivity index (χ0n) is 17.2. The Labute approximate surface area is 187 Å². The normalized spacial score (nSPS) is 15.7. The van der Waals surface area contributed by atoms with Gasteiger partial charge >= 0.3 is 5.51 Å². The first-order chi connectivity index (χ1) is 15.6. The van der Waals surface area contributed by atoms with Crippen molar-refractivity contribution in [3.8, 4) is 0 Å². The van der Waals surface area contributed by atoms with Crippen molar-refractivity contribution < 1.29 is 26.5 Å². The van der Waals surface area contributed by atoms with Crippen LogP contribution in [0.4, 0.5) is 24.5 Å². The number of fused-ring (bicyclic) bond motifs is 1. The SMILES string of the molecule is O=[N+]([O-])c1cc(S(=O)(=O)C(F)(F)F)ccc1N1CCN(Cc2cccc3cccnc23)CC1. The molecule has 174 valence electrons. The van der Waals surface area contributed by atoms with E-state index in [0.717, 1.165) is 28.6 Å². The van der Waals surface area contributed by atoms with Gasteiger partial charge in [-0.3, -0.25) is 20.0 Å². The molecular formula is C21H19F3N4O4S. The molecule has 2 aromatic carbocycles. The molecule has 1 aliphatic rings. The number of sulfone groups is 1. The van der Waals surface area contributed by atoms with Crippen molar-refractivity contribution in [3.63, 3.8) is 0 Å². The Hall–Kier alpha value is -3.25. The van der Waals surface area contributed by atoms with Crippen molar-refractivity contribution in [1.82, 2.24) is 9.88 Å². The first-order valence-corrected chi connectivity index (χ1v) is 11.5. The number of para-hydroxylation sites is 1. The lowest BCUT2D eigenvalue weighted by molar-refractivity contribution is -0.384. The maximum absolute atomic E-state index is 12.8. The van der Waals surface area contributed by atoms with Gasteiger partial charge in [-0.25, -0.2) is 8.42 Å². The second-order valence-corrected chi connectivity index (χ2v) is 9.55. The summed E-state index contributed by atoms with van der Waals surface area (Å²) in [6.45, 7) is 2.54. The van der Waals surface area contributed by atoms with Gasteiger partial charge < -0.3 is 4.90 Å². The van der Waals surface area contributed by atoms with E-state index in [2.05, 4.69) is 9.88 Å². The largest absolute Gasteiger partial charge is 0.501 e. The summed E-state index contributed by atoms with van der Waals surface area (Å²) in [5.41, 5.74) is -4.17. The van der Waals surface area contributed by atoms with Crippen molar-refractivity contribution in [2.24, 2.45) is 0 Å². The number of nitro groups is 1. The molecule has 3 aromatic rings. The average molecular weight is 480 g/mol. The molecule has 0 saturated carbocycles. The fourth-order valence-corrected chi connectivity index (χ4v) is 4.68. The van der Waals surface area contributed by atoms with Crippen LogP contribution in [0.2, 0.25) is 0 Å². The molecule has 1 fully saturated rings. The van der Waals surface area contributed by atoms with Gasteiger partial charge in [0.25, 0.3) is 15.5 Å². The molecule has 0 N–H and O–H groups in total. The molecule has 1 saturated heterocycles. The minimum atomic E-state index is -5.68. The molecule has 2 heterocycles. The van der Waals surface area contributed by atoms with Gasteiger partial charge in [0.05, 0.1) is 15.3 Å². The number of nitrogens with zero attached hydrogens (tertiary/aromatic N) is 4. The summed E-state index contributed by atoms with van der Waals surface area (Å²) in [6.07, 6.45) is 1.73. The Kier molecular flexibility index (Phi) is 5.97. The molecule has 0 atom stereocenters. The number of rotatable bonds is 5. The van der Waals surface area contributed by atoms with Crippen LogP contribution in [0.1, 0.15) is 5.56 Å². The molecule has 1 aliphatic heterocycles. The Bertz CT molecular complexity index is 1300. The van der Waals surface area contributed by atoms with Gasteiger partial charge in [-0.05, 0) is 23.8 Å². The van der Waals surface area contributed by atoms with Crippen molar-refractivity contribution in [3.05, 3.63) is 70.4 Å². The average Bonchev–Trinajstić information content (AvgIpc) is 2.78. The van der Waals surface area contributed by atoms with Gasteiger partial charge in [-0.1, -0.05) is 24.3 Å². The number of nitro benzene ring substituents is 1. The number of pyridine rings is 1. The smallest absolute Gasteiger partial charge is 0.363 e. The second kappa shape index (κ2) is 8.60. The van der Waals surface area contributed by atoms with Crippen molar-refractivity contribution in [1.29, 1.82) is 0 Å². The molecule has 4 rings (SSSR count). The van der Waals surface area contributed by atoms with Crippen LogP contribution in [0.15, 0.2) is 59.6 Å². The van der Waals surface area contributed by atoms with E-state index in [1.807, 2.05) is 30.3 Å². The summed E-state index contributed by atoms with van der Waals surface area (Å²) >= 11 is 0. The zero-order valence-corrected chi connectivity index (χ0v) is 18.0. The van der Waals surface area contributed by atoms with E-state index in [9.17, 15) is 31.7 Å². The minimum absolute atomic E-state index is 0.0904. The van der Waals surface area contributed by atoms with E-state index in [4.69, 9.17) is 0 Å². The Balaban J connectivity index is 1.52. The fourth-order valence-electron chi connectivity index (χ4n) is 3.90. The number of anilines is 1. The van der Waals surface area contributed by atoms with Crippen LogP contribution in [0.5, 0.6) is 0 Å². The Morgan fingerprint density at radius 3 is 2.39 bits per heavy atom. The summed E-state index contributed by atoms with van der Waals surface area (Å²) in [4.78, 5) is 17.8. The first kappa shape index (κ1) is 22.9. The molecule has 0 radical (unpaired) electrons. The van der Waals surface area contributed by atoms with E-state index in [0.29, 0.717) is 38.8 Å². The lowest BCUT2D eigenvalue weighted by Crippen LogP contribution is -2.46. The topological polar surface area (TPSA) is 96.6 Å². The van der Waals surface area contributed by atoms with Crippen molar-refractivity contribution in [2.45, 2.75) is 16.9 Å². The number of piperazine rings is 1. The predicted octanol–water partition coefficient (Wildman–Crippen LogP) is 3.76. The summed E-state index contributed by atoms with van der Waals surface area (Å²) in [6, 6.07) is 12.1. The van der Waals surface area contributed by atoms with Gasteiger partial charge in [0.1, 0.15) is 5.69 Å². The molecule has 0 spiro atoms. The van der Waals surface area contributed by atoms with Gasteiger partial charge in [0, 0.05) is 50.4 Å². The van der Waals surface area contributed by atoms with E-state index >= 15 is 0 Å². The van der Waals surface area contributed by atoms with E-state index in [1.165, 1.54) is 0 Å². The maximum Gasteiger partial charge on any atom is 0.501 e. The number of alkyl halides is 3. The summed E-state index contributed by atoms with van der Waals surface area (Å²) in [7, 11) is -5.68. The third kappa shape index (κ3) is 4.48. The van der Waals surface area contributed by atoms with Crippen LogP contribution in [0, 0.1) is 10.1 Å². The van der Waals surface area contributed by atoms with E-state index in [1.54, 1.807) is 11.1 Å². The monoisotopic (exact) mass is 480 g/mol. The predicted molar refractivity (Wildman–Crippen MR) is 116 cm³/mol. The highest BCUT2D eigenvalue weighted by molar-refractivity contribution is 7.92. The molecule has 1 aromatic heterocycles. The van der Waals surface area contributed by atoms with Crippen LogP contribution >= 0.6 is 0 Å². The lowest BCUT2D eigenvalue weighted by atomic mass is 10.1. The highest BCUT2D eigenvalue weighted by Crippen LogP contribution is 2.36. The van der Waals surface area contributed by atoms with Gasteiger partial charge in [0.2, 0.25) is 0 Å². The van der Waals surface area contributed by atoms with Gasteiger partial charge in [-0.2, -0.15) is 13.2 Å². The zero-order chi connectivity index (χ0) is 23.8. The maximum atomic E-state index is 12.8. The highest BCUT2D eigenvalue weighted by Gasteiger charge is 2.47. The lowest BCUT2D eigenvalue weighted by Gasteiger charge is -2.36. The third-order valence-corrected chi connectivity index (χ3v) is 7.07. The highest BCUT2D eigenvalue weighted by atomic mass is 32.2. The minimum Gasteiger partial charge on any atom is -0.363 e. The van der Waals surface area contributed by atoms with Crippen LogP contribution in [0.25, 0.3) is 10.9 Å². The Morgan fingerprint density at radius 2 is 1.73 bits per heavy atom. The quantitative estimate of drug-likeness (QED) is 0.405. The number of hydrogen-bond acceptors (Lipinski definition) is 7. The Morgan fingerprint density at radius 1 is 1.03 bits per heavy atom. The van der Waals surface area contributed by atoms with Crippen LogP contribution < -0.4 is 4.90 Å². The molecular weight excluding hydrogens is 461 g/mol. The fraction of sp³-hybridized carbons (Fsp3) is 0.286. The number of aromatic nitrogens is 1. The number of halogens is 3. The molecule has 33 heavy (non-hydrogen) atoms. The summed E-state index contributed by atoms with van der Waals surface area (Å²) in [5, 5.41) is 12.5. The molecule has 0 amide bonds. The van der Waals surface area contributed by atoms with E-state index < -0.39 is 30.9 Å². The van der Waals surface area contributed by atoms with Gasteiger partial charge in [0.15, 0.2) is 0 Å². The standard InChI is InChI=1S/C21H19F3N4O4S/c22-21(23,24)33(31,32)17-6-7-18(19(13-17)28(29)30)27-11-9-26(10-12-27)14-16-4-1-3-15-5-2-8-25-20(15)16/h1-8,13H,9-12,14H2. The molecule has 0 bridgehead atoms. The van der Waals surface area contributed by atoms with Gasteiger partial charge in [-0.15, -0.1) is 0 Å². The summed E-state index contributed by atoms with van der Waals surface area (Å²) < 4.78 is 61.9. The summed E-state index contributed by atoms with van der Waals surface area (Å²) in [5.74, 6) is 0. The number of hydrogen-bond donors (Lipinski definition) is 0. The van der Waals surface area contributed by atoms with Crippen molar-refractivity contribution >= 4 is 32.1 Å². The number of benzene rings is 2. The first-order valence-electron chi connectivity index (χ1n) is 9.97. The molecule has 8 nitrogen and oxygen atoms in total. The molecule has 0 aliphatic carbocycles. The van der Waals surface area contributed by atoms with Crippen molar-refractivity contribution in [2.75, 3.05) is 31.1 Å². The van der Waals surface area contributed by atoms with E-state index in [-0.39, 0.29) is 5.69 Å². The van der Waals surface area contributed by atoms with Crippen LogP contribution in [0.3, 0.4) is 0 Å². The van der Waals surface area contributed by atoms with Crippen LogP contribution in [-0.2, 0) is 16.4 Å². The molecule has 0 unspecified atom stereocenters. The third-order valence-electron chi connectivity index (χ3n) is 5.58.